The predicted octanol–water partition coefficient (Wildman–Crippen LogP) is 3.96. The molecule has 0 radical (unpaired) electrons. The van der Waals surface area contributed by atoms with Gasteiger partial charge in [-0.2, -0.15) is 0 Å². The van der Waals surface area contributed by atoms with Crippen LogP contribution in [0.1, 0.15) is 11.1 Å². The summed E-state index contributed by atoms with van der Waals surface area (Å²) in [4.78, 5) is 12.1. The van der Waals surface area contributed by atoms with Crippen molar-refractivity contribution >= 4 is 27.5 Å². The monoisotopic (exact) mass is 363 g/mol. The van der Waals surface area contributed by atoms with Crippen LogP contribution in [0.4, 0.5) is 5.69 Å². The minimum atomic E-state index is -0.0806. The molecule has 0 aliphatic rings. The van der Waals surface area contributed by atoms with Gasteiger partial charge in [-0.15, -0.1) is 0 Å². The number of methoxy groups -OCH3 is 2. The van der Waals surface area contributed by atoms with Crippen LogP contribution in [0.2, 0.25) is 0 Å². The van der Waals surface area contributed by atoms with Gasteiger partial charge in [0.1, 0.15) is 0 Å². The fourth-order valence-corrected chi connectivity index (χ4v) is 2.43. The number of nitrogens with one attached hydrogen (secondary N) is 1. The SMILES string of the molecule is COc1ccc(CC(=O)Nc2ccc(C)c(Br)c2)cc1OC. The van der Waals surface area contributed by atoms with E-state index in [1.54, 1.807) is 20.3 Å². The Morgan fingerprint density at radius 2 is 1.82 bits per heavy atom. The highest BCUT2D eigenvalue weighted by molar-refractivity contribution is 9.10. The smallest absolute Gasteiger partial charge is 0.228 e. The van der Waals surface area contributed by atoms with Crippen LogP contribution >= 0.6 is 15.9 Å². The van der Waals surface area contributed by atoms with Crippen LogP contribution in [-0.4, -0.2) is 20.1 Å². The molecule has 0 aliphatic carbocycles. The standard InChI is InChI=1S/C17H18BrNO3/c1-11-4-6-13(10-14(11)18)19-17(20)9-12-5-7-15(21-2)16(8-12)22-3/h4-8,10H,9H2,1-3H3,(H,19,20). The van der Waals surface area contributed by atoms with Crippen molar-refractivity contribution in [2.45, 2.75) is 13.3 Å². The maximum absolute atomic E-state index is 12.1. The molecule has 0 bridgehead atoms. The lowest BCUT2D eigenvalue weighted by Gasteiger charge is -2.10. The largest absolute Gasteiger partial charge is 0.493 e. The summed E-state index contributed by atoms with van der Waals surface area (Å²) in [6.07, 6.45) is 0.270. The van der Waals surface area contributed by atoms with E-state index in [1.165, 1.54) is 0 Å². The van der Waals surface area contributed by atoms with Crippen molar-refractivity contribution in [1.82, 2.24) is 0 Å². The Kier molecular flexibility index (Phi) is 5.44. The van der Waals surface area contributed by atoms with E-state index >= 15 is 0 Å². The van der Waals surface area contributed by atoms with Crippen LogP contribution in [0.15, 0.2) is 40.9 Å². The highest BCUT2D eigenvalue weighted by Crippen LogP contribution is 2.28. The van der Waals surface area contributed by atoms with E-state index in [1.807, 2.05) is 37.3 Å². The Balaban J connectivity index is 2.07. The Morgan fingerprint density at radius 1 is 1.09 bits per heavy atom. The normalized spacial score (nSPS) is 10.2. The number of benzene rings is 2. The molecule has 2 rings (SSSR count). The van der Waals surface area contributed by atoms with Gasteiger partial charge in [0.15, 0.2) is 11.5 Å². The fraction of sp³-hybridized carbons (Fsp3) is 0.235. The van der Waals surface area contributed by atoms with Gasteiger partial charge in [0.2, 0.25) is 5.91 Å². The van der Waals surface area contributed by atoms with Gasteiger partial charge in [-0.05, 0) is 42.3 Å². The molecule has 1 N–H and O–H groups in total. The summed E-state index contributed by atoms with van der Waals surface area (Å²) in [6, 6.07) is 11.2. The molecule has 116 valence electrons. The predicted molar refractivity (Wildman–Crippen MR) is 90.8 cm³/mol. The number of aryl methyl sites for hydroxylation is 1. The zero-order chi connectivity index (χ0) is 16.1. The van der Waals surface area contributed by atoms with Crippen LogP contribution in [0.3, 0.4) is 0 Å². The number of hydrogen-bond donors (Lipinski definition) is 1. The van der Waals surface area contributed by atoms with E-state index < -0.39 is 0 Å². The molecule has 0 atom stereocenters. The molecule has 4 nitrogen and oxygen atoms in total. The molecule has 0 saturated heterocycles. The van der Waals surface area contributed by atoms with Crippen LogP contribution in [0.5, 0.6) is 11.5 Å². The lowest BCUT2D eigenvalue weighted by molar-refractivity contribution is -0.115. The molecule has 0 unspecified atom stereocenters. The lowest BCUT2D eigenvalue weighted by atomic mass is 10.1. The van der Waals surface area contributed by atoms with Crippen molar-refractivity contribution < 1.29 is 14.3 Å². The van der Waals surface area contributed by atoms with Crippen molar-refractivity contribution in [3.05, 3.63) is 52.0 Å². The Morgan fingerprint density at radius 3 is 2.45 bits per heavy atom. The first-order chi connectivity index (χ1) is 10.5. The number of halogens is 1. The van der Waals surface area contributed by atoms with Crippen LogP contribution in [-0.2, 0) is 11.2 Å². The van der Waals surface area contributed by atoms with Gasteiger partial charge in [0, 0.05) is 10.2 Å². The Hall–Kier alpha value is -2.01. The molecular formula is C17H18BrNO3. The van der Waals surface area contributed by atoms with Crippen molar-refractivity contribution in [2.24, 2.45) is 0 Å². The lowest BCUT2D eigenvalue weighted by Crippen LogP contribution is -2.14. The topological polar surface area (TPSA) is 47.6 Å². The van der Waals surface area contributed by atoms with Gasteiger partial charge in [-0.25, -0.2) is 0 Å². The van der Waals surface area contributed by atoms with E-state index in [9.17, 15) is 4.79 Å². The molecule has 0 heterocycles. The summed E-state index contributed by atoms with van der Waals surface area (Å²) < 4.78 is 11.4. The number of ether oxygens (including phenoxy) is 2. The first-order valence-corrected chi connectivity index (χ1v) is 7.59. The second kappa shape index (κ2) is 7.31. The van der Waals surface area contributed by atoms with Gasteiger partial charge in [-0.3, -0.25) is 4.79 Å². The minimum Gasteiger partial charge on any atom is -0.493 e. The minimum absolute atomic E-state index is 0.0806. The molecule has 0 aliphatic heterocycles. The summed E-state index contributed by atoms with van der Waals surface area (Å²) in [5, 5.41) is 2.88. The number of anilines is 1. The summed E-state index contributed by atoms with van der Waals surface area (Å²) >= 11 is 3.46. The van der Waals surface area contributed by atoms with E-state index in [4.69, 9.17) is 9.47 Å². The van der Waals surface area contributed by atoms with E-state index in [-0.39, 0.29) is 12.3 Å². The maximum atomic E-state index is 12.1. The Bertz CT molecular complexity index is 686. The molecule has 0 fully saturated rings. The number of carbonyl (C=O) groups excluding carboxylic acids is 1. The third kappa shape index (κ3) is 4.01. The molecule has 0 saturated carbocycles. The van der Waals surface area contributed by atoms with Gasteiger partial charge in [-0.1, -0.05) is 28.1 Å². The van der Waals surface area contributed by atoms with Crippen LogP contribution < -0.4 is 14.8 Å². The van der Waals surface area contributed by atoms with Gasteiger partial charge < -0.3 is 14.8 Å². The van der Waals surface area contributed by atoms with Gasteiger partial charge >= 0.3 is 0 Å². The average molecular weight is 364 g/mol. The van der Waals surface area contributed by atoms with Crippen LogP contribution in [0, 0.1) is 6.92 Å². The summed E-state index contributed by atoms with van der Waals surface area (Å²) in [5.74, 6) is 1.18. The first-order valence-electron chi connectivity index (χ1n) is 6.80. The molecular weight excluding hydrogens is 346 g/mol. The highest BCUT2D eigenvalue weighted by Gasteiger charge is 2.09. The highest BCUT2D eigenvalue weighted by atomic mass is 79.9. The molecule has 5 heteroatoms. The number of amides is 1. The fourth-order valence-electron chi connectivity index (χ4n) is 2.05. The van der Waals surface area contributed by atoms with Crippen molar-refractivity contribution in [1.29, 1.82) is 0 Å². The average Bonchev–Trinajstić information content (AvgIpc) is 2.50. The Labute approximate surface area is 138 Å². The van der Waals surface area contributed by atoms with Crippen molar-refractivity contribution in [3.8, 4) is 11.5 Å². The van der Waals surface area contributed by atoms with E-state index in [2.05, 4.69) is 21.2 Å². The van der Waals surface area contributed by atoms with E-state index in [0.29, 0.717) is 11.5 Å². The third-order valence-electron chi connectivity index (χ3n) is 3.27. The van der Waals surface area contributed by atoms with E-state index in [0.717, 1.165) is 21.3 Å². The van der Waals surface area contributed by atoms with Gasteiger partial charge in [0.05, 0.1) is 20.6 Å². The molecule has 2 aromatic rings. The summed E-state index contributed by atoms with van der Waals surface area (Å²) in [5.41, 5.74) is 2.75. The number of rotatable bonds is 5. The van der Waals surface area contributed by atoms with Crippen LogP contribution in [0.25, 0.3) is 0 Å². The maximum Gasteiger partial charge on any atom is 0.228 e. The quantitative estimate of drug-likeness (QED) is 0.874. The van der Waals surface area contributed by atoms with Crippen molar-refractivity contribution in [3.63, 3.8) is 0 Å². The van der Waals surface area contributed by atoms with Crippen molar-refractivity contribution in [2.75, 3.05) is 19.5 Å². The third-order valence-corrected chi connectivity index (χ3v) is 4.12. The molecule has 1 amide bonds. The summed E-state index contributed by atoms with van der Waals surface area (Å²) in [6.45, 7) is 2.00. The molecule has 0 aromatic heterocycles. The summed E-state index contributed by atoms with van der Waals surface area (Å²) in [7, 11) is 3.16. The molecule has 22 heavy (non-hydrogen) atoms. The molecule has 0 spiro atoms. The second-order valence-corrected chi connectivity index (χ2v) is 5.73. The first kappa shape index (κ1) is 16.4. The molecule has 2 aromatic carbocycles. The zero-order valence-electron chi connectivity index (χ0n) is 12.8. The number of carbonyl (C=O) groups is 1. The second-order valence-electron chi connectivity index (χ2n) is 4.88. The van der Waals surface area contributed by atoms with Gasteiger partial charge in [0.25, 0.3) is 0 Å². The number of hydrogen-bond acceptors (Lipinski definition) is 3. The zero-order valence-corrected chi connectivity index (χ0v) is 14.4.